The van der Waals surface area contributed by atoms with Gasteiger partial charge in [0.05, 0.1) is 5.92 Å². The molecule has 0 unspecified atom stereocenters. The summed E-state index contributed by atoms with van der Waals surface area (Å²) in [5.74, 6) is -0.536. The van der Waals surface area contributed by atoms with Crippen LogP contribution in [0.15, 0.2) is 24.3 Å². The summed E-state index contributed by atoms with van der Waals surface area (Å²) >= 11 is 0. The average Bonchev–Trinajstić information content (AvgIpc) is 2.80. The Labute approximate surface area is 118 Å². The number of likely N-dealkylation sites (tertiary alicyclic amines) is 1. The van der Waals surface area contributed by atoms with Crippen LogP contribution in [0.5, 0.6) is 0 Å². The molecule has 1 atom stereocenters. The molecule has 0 aromatic heterocycles. The predicted octanol–water partition coefficient (Wildman–Crippen LogP) is 1.35. The summed E-state index contributed by atoms with van der Waals surface area (Å²) in [6.45, 7) is 3.49. The zero-order valence-corrected chi connectivity index (χ0v) is 11.6. The molecule has 0 aliphatic carbocycles. The van der Waals surface area contributed by atoms with E-state index in [1.54, 1.807) is 17.0 Å². The minimum absolute atomic E-state index is 0.0170. The average molecular weight is 278 g/mol. The van der Waals surface area contributed by atoms with Crippen molar-refractivity contribution < 1.29 is 14.0 Å². The molecule has 20 heavy (non-hydrogen) atoms. The smallest absolute Gasteiger partial charge is 0.225 e. The van der Waals surface area contributed by atoms with E-state index in [-0.39, 0.29) is 30.0 Å². The van der Waals surface area contributed by atoms with Crippen molar-refractivity contribution in [2.24, 2.45) is 5.92 Å². The Kier molecular flexibility index (Phi) is 4.71. The molecule has 1 N–H and O–H groups in total. The number of hydrogen-bond acceptors (Lipinski definition) is 2. The second-order valence-electron chi connectivity index (χ2n) is 5.01. The van der Waals surface area contributed by atoms with Crippen LogP contribution in [0.3, 0.4) is 0 Å². The van der Waals surface area contributed by atoms with E-state index in [0.29, 0.717) is 26.1 Å². The molecule has 0 radical (unpaired) electrons. The molecule has 1 heterocycles. The maximum Gasteiger partial charge on any atom is 0.225 e. The molecule has 0 spiro atoms. The normalized spacial score (nSPS) is 18.4. The van der Waals surface area contributed by atoms with Crippen LogP contribution in [0.25, 0.3) is 0 Å². The lowest BCUT2D eigenvalue weighted by molar-refractivity contribution is -0.129. The molecule has 1 fully saturated rings. The van der Waals surface area contributed by atoms with E-state index in [4.69, 9.17) is 0 Å². The monoisotopic (exact) mass is 278 g/mol. The zero-order chi connectivity index (χ0) is 14.5. The van der Waals surface area contributed by atoms with Gasteiger partial charge in [0.1, 0.15) is 5.82 Å². The third kappa shape index (κ3) is 3.56. The van der Waals surface area contributed by atoms with E-state index < -0.39 is 0 Å². The Morgan fingerprint density at radius 2 is 2.10 bits per heavy atom. The van der Waals surface area contributed by atoms with Crippen LogP contribution in [-0.2, 0) is 16.0 Å². The Morgan fingerprint density at radius 1 is 1.40 bits per heavy atom. The van der Waals surface area contributed by atoms with E-state index in [2.05, 4.69) is 5.32 Å². The number of hydrogen-bond donors (Lipinski definition) is 1. The lowest BCUT2D eigenvalue weighted by Crippen LogP contribution is -2.33. The molecule has 0 bridgehead atoms. The van der Waals surface area contributed by atoms with Crippen LogP contribution in [-0.4, -0.2) is 36.3 Å². The standard InChI is InChI=1S/C15H19FN2O2/c1-2-17-15(20)12-9-14(19)18(10-12)8-7-11-3-5-13(16)6-4-11/h3-6,12H,2,7-10H2,1H3,(H,17,20)/t12-/m0/s1. The van der Waals surface area contributed by atoms with Gasteiger partial charge in [-0.2, -0.15) is 0 Å². The lowest BCUT2D eigenvalue weighted by Gasteiger charge is -2.16. The number of benzene rings is 1. The van der Waals surface area contributed by atoms with Crippen molar-refractivity contribution in [1.82, 2.24) is 10.2 Å². The summed E-state index contributed by atoms with van der Waals surface area (Å²) in [6, 6.07) is 6.27. The Bertz CT molecular complexity index is 487. The summed E-state index contributed by atoms with van der Waals surface area (Å²) in [7, 11) is 0. The number of amides is 2. The third-order valence-electron chi connectivity index (χ3n) is 3.52. The van der Waals surface area contributed by atoms with Gasteiger partial charge in [-0.05, 0) is 31.0 Å². The van der Waals surface area contributed by atoms with E-state index in [1.807, 2.05) is 6.92 Å². The highest BCUT2D eigenvalue weighted by Gasteiger charge is 2.33. The fourth-order valence-corrected chi connectivity index (χ4v) is 2.40. The van der Waals surface area contributed by atoms with Gasteiger partial charge in [0.15, 0.2) is 0 Å². The fourth-order valence-electron chi connectivity index (χ4n) is 2.40. The third-order valence-corrected chi connectivity index (χ3v) is 3.52. The number of carbonyl (C=O) groups is 2. The first-order valence-electron chi connectivity index (χ1n) is 6.90. The van der Waals surface area contributed by atoms with Gasteiger partial charge in [0.25, 0.3) is 0 Å². The predicted molar refractivity (Wildman–Crippen MR) is 73.5 cm³/mol. The van der Waals surface area contributed by atoms with Gasteiger partial charge in [0.2, 0.25) is 11.8 Å². The summed E-state index contributed by atoms with van der Waals surface area (Å²) in [6.07, 6.45) is 0.962. The summed E-state index contributed by atoms with van der Waals surface area (Å²) in [5.41, 5.74) is 0.987. The Morgan fingerprint density at radius 3 is 2.75 bits per heavy atom. The van der Waals surface area contributed by atoms with Crippen molar-refractivity contribution in [3.05, 3.63) is 35.6 Å². The van der Waals surface area contributed by atoms with Crippen molar-refractivity contribution in [2.75, 3.05) is 19.6 Å². The van der Waals surface area contributed by atoms with Crippen LogP contribution in [0.4, 0.5) is 4.39 Å². The Hall–Kier alpha value is -1.91. The molecule has 1 aliphatic heterocycles. The van der Waals surface area contributed by atoms with Gasteiger partial charge in [-0.25, -0.2) is 4.39 Å². The molecule has 1 aliphatic rings. The molecule has 108 valence electrons. The summed E-state index contributed by atoms with van der Waals surface area (Å²) in [4.78, 5) is 25.3. The SMILES string of the molecule is CCNC(=O)[C@H]1CC(=O)N(CCc2ccc(F)cc2)C1. The van der Waals surface area contributed by atoms with Crippen LogP contribution in [0, 0.1) is 11.7 Å². The molecule has 1 aromatic carbocycles. The number of carbonyl (C=O) groups excluding carboxylic acids is 2. The molecular formula is C15H19FN2O2. The summed E-state index contributed by atoms with van der Waals surface area (Å²) in [5, 5.41) is 2.75. The number of nitrogens with zero attached hydrogens (tertiary/aromatic N) is 1. The largest absolute Gasteiger partial charge is 0.356 e. The van der Waals surface area contributed by atoms with Crippen molar-refractivity contribution in [3.8, 4) is 0 Å². The fraction of sp³-hybridized carbons (Fsp3) is 0.467. The molecule has 2 amide bonds. The van der Waals surface area contributed by atoms with Crippen molar-refractivity contribution in [1.29, 1.82) is 0 Å². The maximum absolute atomic E-state index is 12.8. The number of halogens is 1. The first-order chi connectivity index (χ1) is 9.60. The second-order valence-corrected chi connectivity index (χ2v) is 5.01. The van der Waals surface area contributed by atoms with Gasteiger partial charge >= 0.3 is 0 Å². The zero-order valence-electron chi connectivity index (χ0n) is 11.6. The second kappa shape index (κ2) is 6.50. The highest BCUT2D eigenvalue weighted by atomic mass is 19.1. The maximum atomic E-state index is 12.8. The highest BCUT2D eigenvalue weighted by Crippen LogP contribution is 2.18. The van der Waals surface area contributed by atoms with Crippen LogP contribution < -0.4 is 5.32 Å². The first kappa shape index (κ1) is 14.5. The summed E-state index contributed by atoms with van der Waals surface area (Å²) < 4.78 is 12.8. The van der Waals surface area contributed by atoms with Crippen molar-refractivity contribution in [2.45, 2.75) is 19.8 Å². The molecule has 0 saturated carbocycles. The van der Waals surface area contributed by atoms with E-state index in [1.165, 1.54) is 12.1 Å². The first-order valence-corrected chi connectivity index (χ1v) is 6.90. The topological polar surface area (TPSA) is 49.4 Å². The highest BCUT2D eigenvalue weighted by molar-refractivity contribution is 5.89. The molecule has 1 aromatic rings. The molecule has 2 rings (SSSR count). The van der Waals surface area contributed by atoms with Crippen molar-refractivity contribution in [3.63, 3.8) is 0 Å². The van der Waals surface area contributed by atoms with Crippen molar-refractivity contribution >= 4 is 11.8 Å². The minimum Gasteiger partial charge on any atom is -0.356 e. The van der Waals surface area contributed by atoms with Crippen LogP contribution in [0.1, 0.15) is 18.9 Å². The van der Waals surface area contributed by atoms with Gasteiger partial charge in [0, 0.05) is 26.1 Å². The van der Waals surface area contributed by atoms with E-state index >= 15 is 0 Å². The van der Waals surface area contributed by atoms with Gasteiger partial charge in [-0.15, -0.1) is 0 Å². The Balaban J connectivity index is 1.86. The lowest BCUT2D eigenvalue weighted by atomic mass is 10.1. The quantitative estimate of drug-likeness (QED) is 0.884. The number of rotatable bonds is 5. The molecule has 1 saturated heterocycles. The van der Waals surface area contributed by atoms with Gasteiger partial charge in [-0.3, -0.25) is 9.59 Å². The van der Waals surface area contributed by atoms with Crippen LogP contribution in [0.2, 0.25) is 0 Å². The minimum atomic E-state index is -0.262. The number of nitrogens with one attached hydrogen (secondary N) is 1. The molecular weight excluding hydrogens is 259 g/mol. The van der Waals surface area contributed by atoms with E-state index in [9.17, 15) is 14.0 Å². The van der Waals surface area contributed by atoms with Gasteiger partial charge in [-0.1, -0.05) is 12.1 Å². The van der Waals surface area contributed by atoms with Gasteiger partial charge < -0.3 is 10.2 Å². The van der Waals surface area contributed by atoms with Crippen LogP contribution >= 0.6 is 0 Å². The van der Waals surface area contributed by atoms with E-state index in [0.717, 1.165) is 5.56 Å². The molecule has 4 nitrogen and oxygen atoms in total. The molecule has 5 heteroatoms.